The fourth-order valence-corrected chi connectivity index (χ4v) is 3.66. The summed E-state index contributed by atoms with van der Waals surface area (Å²) in [6.07, 6.45) is 0.0832. The molecule has 6 nitrogen and oxygen atoms in total. The van der Waals surface area contributed by atoms with E-state index in [1.165, 1.54) is 0 Å². The second-order valence-corrected chi connectivity index (χ2v) is 8.06. The number of benzene rings is 2. The van der Waals surface area contributed by atoms with E-state index in [1.54, 1.807) is 4.90 Å². The Hall–Kier alpha value is -2.67. The van der Waals surface area contributed by atoms with Crippen LogP contribution in [0.1, 0.15) is 23.1 Å². The molecule has 29 heavy (non-hydrogen) atoms. The van der Waals surface area contributed by atoms with Gasteiger partial charge in [0.05, 0.1) is 5.92 Å². The number of amides is 2. The molecule has 3 rings (SSSR count). The maximum atomic E-state index is 12.4. The number of nitrogens with one attached hydrogen (secondary N) is 1. The number of carbonyl (C=O) groups is 3. The van der Waals surface area contributed by atoms with Gasteiger partial charge in [0.15, 0.2) is 6.61 Å². The second-order valence-electron chi connectivity index (χ2n) is 7.27. The van der Waals surface area contributed by atoms with Gasteiger partial charge in [-0.2, -0.15) is 0 Å². The molecule has 1 atom stereocenters. The smallest absolute Gasteiger partial charge is 0.311 e. The van der Waals surface area contributed by atoms with Crippen molar-refractivity contribution in [3.05, 3.63) is 57.6 Å². The Morgan fingerprint density at radius 1 is 1.14 bits per heavy atom. The number of nitrogens with zero attached hydrogens (tertiary/aromatic N) is 1. The van der Waals surface area contributed by atoms with Crippen LogP contribution in [0.4, 0.5) is 11.4 Å². The zero-order valence-corrected chi connectivity index (χ0v) is 18.2. The van der Waals surface area contributed by atoms with Crippen LogP contribution in [-0.4, -0.2) is 30.9 Å². The zero-order chi connectivity index (χ0) is 21.1. The average Bonchev–Trinajstić information content (AvgIpc) is 3.06. The Bertz CT molecular complexity index is 950. The Labute approximate surface area is 178 Å². The standard InChI is InChI=1S/C22H23BrN2O4/c1-13-6-4-5-7-18(13)25-11-16(10-20(25)27)22(28)29-12-19(26)24-17-8-14(2)21(23)15(3)9-17/h4-9,16H,10-12H2,1-3H3,(H,24,26)/t16-/m0/s1. The van der Waals surface area contributed by atoms with Gasteiger partial charge >= 0.3 is 5.97 Å². The fourth-order valence-electron chi connectivity index (χ4n) is 3.43. The summed E-state index contributed by atoms with van der Waals surface area (Å²) in [4.78, 5) is 38.5. The molecule has 1 aliphatic heterocycles. The first-order chi connectivity index (χ1) is 13.8. The van der Waals surface area contributed by atoms with Gasteiger partial charge in [-0.1, -0.05) is 34.1 Å². The number of hydrogen-bond donors (Lipinski definition) is 1. The molecule has 7 heteroatoms. The summed E-state index contributed by atoms with van der Waals surface area (Å²) in [7, 11) is 0. The molecule has 1 saturated heterocycles. The first-order valence-corrected chi connectivity index (χ1v) is 10.1. The largest absolute Gasteiger partial charge is 0.455 e. The van der Waals surface area contributed by atoms with Gasteiger partial charge in [0.25, 0.3) is 5.91 Å². The third kappa shape index (κ3) is 4.85. The molecule has 0 saturated carbocycles. The van der Waals surface area contributed by atoms with Crippen LogP contribution < -0.4 is 10.2 Å². The highest BCUT2D eigenvalue weighted by atomic mass is 79.9. The lowest BCUT2D eigenvalue weighted by Crippen LogP contribution is -2.28. The highest BCUT2D eigenvalue weighted by molar-refractivity contribution is 9.10. The Balaban J connectivity index is 1.55. The molecule has 0 aromatic heterocycles. The molecule has 2 aromatic rings. The van der Waals surface area contributed by atoms with E-state index in [9.17, 15) is 14.4 Å². The molecular formula is C22H23BrN2O4. The predicted molar refractivity (Wildman–Crippen MR) is 115 cm³/mol. The third-order valence-electron chi connectivity index (χ3n) is 4.93. The molecule has 1 N–H and O–H groups in total. The van der Waals surface area contributed by atoms with Gasteiger partial charge in [-0.25, -0.2) is 0 Å². The van der Waals surface area contributed by atoms with Crippen molar-refractivity contribution in [1.82, 2.24) is 0 Å². The maximum absolute atomic E-state index is 12.4. The van der Waals surface area contributed by atoms with Crippen LogP contribution in [-0.2, 0) is 19.1 Å². The molecule has 152 valence electrons. The number of anilines is 2. The minimum Gasteiger partial charge on any atom is -0.455 e. The first-order valence-electron chi connectivity index (χ1n) is 9.35. The van der Waals surface area contributed by atoms with E-state index in [2.05, 4.69) is 21.2 Å². The molecule has 0 aliphatic carbocycles. The van der Waals surface area contributed by atoms with Gasteiger partial charge in [-0.3, -0.25) is 14.4 Å². The minimum absolute atomic E-state index is 0.0832. The van der Waals surface area contributed by atoms with Crippen molar-refractivity contribution in [3.63, 3.8) is 0 Å². The number of para-hydroxylation sites is 1. The Morgan fingerprint density at radius 2 is 1.79 bits per heavy atom. The van der Waals surface area contributed by atoms with E-state index in [0.717, 1.165) is 26.9 Å². The van der Waals surface area contributed by atoms with Crippen LogP contribution in [0.2, 0.25) is 0 Å². The normalized spacial score (nSPS) is 16.1. The molecule has 1 heterocycles. The van der Waals surface area contributed by atoms with E-state index in [-0.39, 0.29) is 25.5 Å². The van der Waals surface area contributed by atoms with Crippen LogP contribution in [0.5, 0.6) is 0 Å². The number of hydrogen-bond acceptors (Lipinski definition) is 4. The highest BCUT2D eigenvalue weighted by Crippen LogP contribution is 2.28. The minimum atomic E-state index is -0.577. The summed E-state index contributed by atoms with van der Waals surface area (Å²) in [5, 5.41) is 2.73. The third-order valence-corrected chi connectivity index (χ3v) is 6.18. The van der Waals surface area contributed by atoms with Crippen molar-refractivity contribution in [3.8, 4) is 0 Å². The van der Waals surface area contributed by atoms with Gasteiger partial charge in [0.1, 0.15) is 0 Å². The van der Waals surface area contributed by atoms with Crippen LogP contribution in [0.3, 0.4) is 0 Å². The molecule has 0 radical (unpaired) electrons. The van der Waals surface area contributed by atoms with Crippen molar-refractivity contribution in [2.24, 2.45) is 5.92 Å². The summed E-state index contributed by atoms with van der Waals surface area (Å²) in [5.41, 5.74) is 4.41. The van der Waals surface area contributed by atoms with Gasteiger partial charge in [0, 0.05) is 28.8 Å². The summed E-state index contributed by atoms with van der Waals surface area (Å²) < 4.78 is 6.16. The van der Waals surface area contributed by atoms with Gasteiger partial charge in [-0.15, -0.1) is 0 Å². The van der Waals surface area contributed by atoms with E-state index >= 15 is 0 Å². The van der Waals surface area contributed by atoms with Gasteiger partial charge in [0.2, 0.25) is 5.91 Å². The first kappa shape index (κ1) is 21.0. The second kappa shape index (κ2) is 8.78. The van der Waals surface area contributed by atoms with E-state index in [1.807, 2.05) is 57.2 Å². The SMILES string of the molecule is Cc1ccccc1N1C[C@@H](C(=O)OCC(=O)Nc2cc(C)c(Br)c(C)c2)CC1=O. The monoisotopic (exact) mass is 458 g/mol. The summed E-state index contributed by atoms with van der Waals surface area (Å²) >= 11 is 3.48. The number of rotatable bonds is 5. The topological polar surface area (TPSA) is 75.7 Å². The number of esters is 1. The summed E-state index contributed by atoms with van der Waals surface area (Å²) in [6, 6.07) is 11.2. The lowest BCUT2D eigenvalue weighted by Gasteiger charge is -2.18. The molecule has 2 amide bonds. The molecule has 2 aromatic carbocycles. The fraction of sp³-hybridized carbons (Fsp3) is 0.318. The van der Waals surface area contributed by atoms with E-state index in [0.29, 0.717) is 5.69 Å². The lowest BCUT2D eigenvalue weighted by molar-refractivity contribution is -0.151. The van der Waals surface area contributed by atoms with Crippen molar-refractivity contribution >= 4 is 45.1 Å². The molecule has 1 fully saturated rings. The molecular weight excluding hydrogens is 436 g/mol. The predicted octanol–water partition coefficient (Wildman–Crippen LogP) is 3.91. The Morgan fingerprint density at radius 3 is 2.45 bits per heavy atom. The van der Waals surface area contributed by atoms with E-state index < -0.39 is 17.8 Å². The molecule has 1 aliphatic rings. The summed E-state index contributed by atoms with van der Waals surface area (Å²) in [6.45, 7) is 5.66. The number of halogens is 1. The number of aryl methyl sites for hydroxylation is 3. The highest BCUT2D eigenvalue weighted by Gasteiger charge is 2.36. The van der Waals surface area contributed by atoms with E-state index in [4.69, 9.17) is 4.74 Å². The van der Waals surface area contributed by atoms with Crippen molar-refractivity contribution in [2.45, 2.75) is 27.2 Å². The lowest BCUT2D eigenvalue weighted by atomic mass is 10.1. The van der Waals surface area contributed by atoms with Crippen LogP contribution in [0.25, 0.3) is 0 Å². The summed E-state index contributed by atoms with van der Waals surface area (Å²) in [5.74, 6) is -1.65. The Kier molecular flexibility index (Phi) is 6.37. The zero-order valence-electron chi connectivity index (χ0n) is 16.6. The van der Waals surface area contributed by atoms with Crippen molar-refractivity contribution in [2.75, 3.05) is 23.4 Å². The molecule has 0 bridgehead atoms. The van der Waals surface area contributed by atoms with Crippen molar-refractivity contribution < 1.29 is 19.1 Å². The molecule has 0 unspecified atom stereocenters. The van der Waals surface area contributed by atoms with Gasteiger partial charge < -0.3 is 15.0 Å². The van der Waals surface area contributed by atoms with Crippen LogP contribution in [0.15, 0.2) is 40.9 Å². The quantitative estimate of drug-likeness (QED) is 0.689. The van der Waals surface area contributed by atoms with Crippen molar-refractivity contribution in [1.29, 1.82) is 0 Å². The van der Waals surface area contributed by atoms with Crippen LogP contribution in [0, 0.1) is 26.7 Å². The maximum Gasteiger partial charge on any atom is 0.311 e. The molecule has 0 spiro atoms. The average molecular weight is 459 g/mol. The van der Waals surface area contributed by atoms with Crippen LogP contribution >= 0.6 is 15.9 Å². The number of carbonyl (C=O) groups excluding carboxylic acids is 3. The van der Waals surface area contributed by atoms with Gasteiger partial charge in [-0.05, 0) is 55.7 Å². The number of ether oxygens (including phenoxy) is 1.